The third-order valence-corrected chi connectivity index (χ3v) is 5.61. The molecule has 27 heavy (non-hydrogen) atoms. The van der Waals surface area contributed by atoms with Crippen molar-refractivity contribution in [3.05, 3.63) is 0 Å². The first-order chi connectivity index (χ1) is 12.6. The van der Waals surface area contributed by atoms with Gasteiger partial charge in [-0.05, 0) is 20.8 Å². The van der Waals surface area contributed by atoms with Gasteiger partial charge < -0.3 is 28.8 Å². The Kier molecular flexibility index (Phi) is 11.7. The molecule has 0 aliphatic rings. The molecule has 0 rings (SSSR count). The zero-order valence-corrected chi connectivity index (χ0v) is 18.0. The molecular formula is C17H29BrO9. The fraction of sp³-hybridized carbons (Fsp3) is 0.824. The maximum Gasteiger partial charge on any atom is 0.321 e. The second kappa shape index (κ2) is 12.3. The Bertz CT molecular complexity index is 495. The number of aliphatic hydroxyl groups excluding tert-OH is 1. The summed E-state index contributed by atoms with van der Waals surface area (Å²) in [6.45, 7) is 4.05. The van der Waals surface area contributed by atoms with E-state index in [1.807, 2.05) is 0 Å². The fourth-order valence-corrected chi connectivity index (χ4v) is 3.00. The second-order valence-electron chi connectivity index (χ2n) is 6.34. The molecule has 0 aromatic rings. The summed E-state index contributed by atoms with van der Waals surface area (Å²) in [7, 11) is 2.91. The van der Waals surface area contributed by atoms with Gasteiger partial charge in [0.1, 0.15) is 30.1 Å². The maximum atomic E-state index is 12.8. The number of rotatable bonds is 13. The summed E-state index contributed by atoms with van der Waals surface area (Å²) >= 11 is 3.17. The van der Waals surface area contributed by atoms with Crippen LogP contribution in [0.4, 0.5) is 0 Å². The molecule has 0 saturated carbocycles. The highest BCUT2D eigenvalue weighted by Gasteiger charge is 2.60. The first-order valence-electron chi connectivity index (χ1n) is 8.35. The zero-order chi connectivity index (χ0) is 21.1. The van der Waals surface area contributed by atoms with Crippen LogP contribution in [0.2, 0.25) is 0 Å². The van der Waals surface area contributed by atoms with E-state index in [1.54, 1.807) is 0 Å². The summed E-state index contributed by atoms with van der Waals surface area (Å²) in [6, 6.07) is 0. The second-order valence-corrected chi connectivity index (χ2v) is 7.25. The summed E-state index contributed by atoms with van der Waals surface area (Å²) in [4.78, 5) is 36.6. The van der Waals surface area contributed by atoms with E-state index in [4.69, 9.17) is 28.8 Å². The fourth-order valence-electron chi connectivity index (χ4n) is 2.11. The van der Waals surface area contributed by atoms with Crippen molar-refractivity contribution in [3.8, 4) is 0 Å². The van der Waals surface area contributed by atoms with Crippen LogP contribution in [0.25, 0.3) is 0 Å². The van der Waals surface area contributed by atoms with Gasteiger partial charge in [-0.1, -0.05) is 15.9 Å². The molecule has 0 aliphatic heterocycles. The summed E-state index contributed by atoms with van der Waals surface area (Å²) < 4.78 is 25.0. The molecule has 0 aromatic carbocycles. The normalized spacial score (nSPS) is 14.8. The topological polar surface area (TPSA) is 118 Å². The number of carbonyl (C=O) groups is 3. The van der Waals surface area contributed by atoms with E-state index in [2.05, 4.69) is 15.9 Å². The summed E-state index contributed by atoms with van der Waals surface area (Å²) in [5.74, 6) is -2.31. The van der Waals surface area contributed by atoms with Crippen LogP contribution in [0.5, 0.6) is 0 Å². The number of methoxy groups -OCH3 is 2. The predicted molar refractivity (Wildman–Crippen MR) is 98.3 cm³/mol. The monoisotopic (exact) mass is 456 g/mol. The minimum atomic E-state index is -1.67. The number of hydrogen-bond donors (Lipinski definition) is 1. The van der Waals surface area contributed by atoms with Gasteiger partial charge in [0.05, 0.1) is 25.2 Å². The molecule has 0 spiro atoms. The Morgan fingerprint density at radius 3 is 1.78 bits per heavy atom. The summed E-state index contributed by atoms with van der Waals surface area (Å²) in [5.41, 5.74) is -3.13. The van der Waals surface area contributed by atoms with Gasteiger partial charge in [0.25, 0.3) is 0 Å². The van der Waals surface area contributed by atoms with Crippen molar-refractivity contribution in [2.45, 2.75) is 25.6 Å². The lowest BCUT2D eigenvalue weighted by Gasteiger charge is -2.42. The van der Waals surface area contributed by atoms with E-state index in [0.29, 0.717) is 0 Å². The van der Waals surface area contributed by atoms with Gasteiger partial charge in [-0.15, -0.1) is 0 Å². The summed E-state index contributed by atoms with van der Waals surface area (Å²) in [5, 5.41) is 8.84. The van der Waals surface area contributed by atoms with Crippen molar-refractivity contribution < 1.29 is 43.2 Å². The van der Waals surface area contributed by atoms with E-state index in [1.165, 1.54) is 35.0 Å². The van der Waals surface area contributed by atoms with Crippen LogP contribution in [0.3, 0.4) is 0 Å². The molecule has 0 fully saturated rings. The number of aliphatic hydroxyl groups is 1. The first kappa shape index (κ1) is 25.8. The van der Waals surface area contributed by atoms with Crippen LogP contribution < -0.4 is 0 Å². The van der Waals surface area contributed by atoms with Gasteiger partial charge in [-0.25, -0.2) is 0 Å². The molecule has 0 amide bonds. The Balaban J connectivity index is 5.69. The quantitative estimate of drug-likeness (QED) is 0.185. The van der Waals surface area contributed by atoms with E-state index in [9.17, 15) is 14.4 Å². The minimum absolute atomic E-state index is 0.00449. The Hall–Kier alpha value is -1.23. The molecule has 10 heteroatoms. The molecule has 2 unspecified atom stereocenters. The third kappa shape index (κ3) is 6.70. The van der Waals surface area contributed by atoms with Crippen LogP contribution in [0.1, 0.15) is 20.8 Å². The van der Waals surface area contributed by atoms with E-state index in [-0.39, 0.29) is 39.6 Å². The van der Waals surface area contributed by atoms with E-state index >= 15 is 0 Å². The predicted octanol–water partition coefficient (Wildman–Crippen LogP) is 0.697. The molecule has 0 saturated heterocycles. The first-order valence-corrected chi connectivity index (χ1v) is 9.26. The largest absolute Gasteiger partial charge is 0.463 e. The maximum absolute atomic E-state index is 12.8. The standard InChI is InChI=1S/C17H29BrO9/c1-16(2,14(21)26-10-8-23-4)17(3,15(22)27-11-9-24-5)12(18)13(20)25-7-6-19/h12,19H,6-11H2,1-5H3. The average Bonchev–Trinajstić information content (AvgIpc) is 2.64. The van der Waals surface area contributed by atoms with Crippen LogP contribution in [-0.4, -0.2) is 81.7 Å². The third-order valence-electron chi connectivity index (χ3n) is 4.32. The zero-order valence-electron chi connectivity index (χ0n) is 16.4. The molecule has 0 heterocycles. The molecule has 0 aromatic heterocycles. The van der Waals surface area contributed by atoms with Crippen molar-refractivity contribution in [1.82, 2.24) is 0 Å². The van der Waals surface area contributed by atoms with Crippen LogP contribution >= 0.6 is 15.9 Å². The molecule has 1 N–H and O–H groups in total. The number of alkyl halides is 1. The van der Waals surface area contributed by atoms with Crippen LogP contribution in [0, 0.1) is 10.8 Å². The molecule has 9 nitrogen and oxygen atoms in total. The average molecular weight is 457 g/mol. The lowest BCUT2D eigenvalue weighted by molar-refractivity contribution is -0.181. The number of carbonyl (C=O) groups excluding carboxylic acids is 3. The SMILES string of the molecule is COCCOC(=O)C(C)(C)C(C)(C(=O)OCCOC)C(Br)C(=O)OCCO. The van der Waals surface area contributed by atoms with Crippen molar-refractivity contribution in [2.24, 2.45) is 10.8 Å². The highest BCUT2D eigenvalue weighted by Crippen LogP contribution is 2.47. The van der Waals surface area contributed by atoms with Gasteiger partial charge in [0.2, 0.25) is 0 Å². The molecule has 0 bridgehead atoms. The van der Waals surface area contributed by atoms with Gasteiger partial charge in [0, 0.05) is 14.2 Å². The lowest BCUT2D eigenvalue weighted by atomic mass is 9.64. The molecular weight excluding hydrogens is 428 g/mol. The Morgan fingerprint density at radius 1 is 0.852 bits per heavy atom. The smallest absolute Gasteiger partial charge is 0.321 e. The molecule has 158 valence electrons. The number of halogens is 1. The van der Waals surface area contributed by atoms with Gasteiger partial charge in [-0.2, -0.15) is 0 Å². The van der Waals surface area contributed by atoms with Crippen molar-refractivity contribution in [1.29, 1.82) is 0 Å². The van der Waals surface area contributed by atoms with Crippen LogP contribution in [-0.2, 0) is 38.1 Å². The van der Waals surface area contributed by atoms with Gasteiger partial charge in [-0.3, -0.25) is 14.4 Å². The molecule has 0 radical (unpaired) electrons. The molecule has 0 aliphatic carbocycles. The van der Waals surface area contributed by atoms with Gasteiger partial charge >= 0.3 is 17.9 Å². The van der Waals surface area contributed by atoms with E-state index < -0.39 is 33.6 Å². The minimum Gasteiger partial charge on any atom is -0.463 e. The Morgan fingerprint density at radius 2 is 1.33 bits per heavy atom. The van der Waals surface area contributed by atoms with Gasteiger partial charge in [0.15, 0.2) is 0 Å². The number of ether oxygens (including phenoxy) is 5. The van der Waals surface area contributed by atoms with Crippen molar-refractivity contribution in [2.75, 3.05) is 53.9 Å². The highest BCUT2D eigenvalue weighted by molar-refractivity contribution is 9.10. The van der Waals surface area contributed by atoms with Crippen molar-refractivity contribution >= 4 is 33.8 Å². The highest BCUT2D eigenvalue weighted by atomic mass is 79.9. The van der Waals surface area contributed by atoms with Crippen molar-refractivity contribution in [3.63, 3.8) is 0 Å². The number of hydrogen-bond acceptors (Lipinski definition) is 9. The van der Waals surface area contributed by atoms with Crippen LogP contribution in [0.15, 0.2) is 0 Å². The lowest BCUT2D eigenvalue weighted by Crippen LogP contribution is -2.56. The molecule has 2 atom stereocenters. The summed E-state index contributed by atoms with van der Waals surface area (Å²) in [6.07, 6.45) is 0. The Labute approximate surface area is 167 Å². The number of esters is 3. The van der Waals surface area contributed by atoms with E-state index in [0.717, 1.165) is 0 Å².